The van der Waals surface area contributed by atoms with E-state index in [1.54, 1.807) is 6.20 Å². The van der Waals surface area contributed by atoms with E-state index in [1.165, 1.54) is 0 Å². The third-order valence-corrected chi connectivity index (χ3v) is 5.20. The zero-order valence-electron chi connectivity index (χ0n) is 15.6. The zero-order valence-corrected chi connectivity index (χ0v) is 15.6. The maximum atomic E-state index is 13.4. The van der Waals surface area contributed by atoms with Crippen molar-refractivity contribution >= 4 is 16.8 Å². The lowest BCUT2D eigenvalue weighted by molar-refractivity contribution is 0.0723. The van der Waals surface area contributed by atoms with Gasteiger partial charge in [0.15, 0.2) is 0 Å². The number of amides is 1. The molecule has 0 aliphatic carbocycles. The van der Waals surface area contributed by atoms with Crippen molar-refractivity contribution in [1.29, 1.82) is 0 Å². The van der Waals surface area contributed by atoms with E-state index in [2.05, 4.69) is 36.1 Å². The van der Waals surface area contributed by atoms with Gasteiger partial charge in [0, 0.05) is 30.0 Å². The summed E-state index contributed by atoms with van der Waals surface area (Å²) >= 11 is 0. The maximum Gasteiger partial charge on any atom is 0.254 e. The minimum atomic E-state index is 0.111. The summed E-state index contributed by atoms with van der Waals surface area (Å²) in [6, 6.07) is 8.26. The molecule has 134 valence electrons. The fourth-order valence-electron chi connectivity index (χ4n) is 4.06. The number of nitrogens with zero attached hydrogens (tertiary/aromatic N) is 4. The average molecular weight is 348 g/mol. The highest BCUT2D eigenvalue weighted by Crippen LogP contribution is 2.27. The van der Waals surface area contributed by atoms with Crippen LogP contribution >= 0.6 is 0 Å². The number of pyridine rings is 1. The van der Waals surface area contributed by atoms with Crippen LogP contribution in [0.2, 0.25) is 0 Å². The summed E-state index contributed by atoms with van der Waals surface area (Å²) in [6.07, 6.45) is 5.80. The smallest absolute Gasteiger partial charge is 0.254 e. The van der Waals surface area contributed by atoms with Crippen molar-refractivity contribution in [3.63, 3.8) is 0 Å². The van der Waals surface area contributed by atoms with Crippen LogP contribution in [0.15, 0.2) is 36.7 Å². The quantitative estimate of drug-likeness (QED) is 0.726. The second kappa shape index (κ2) is 6.56. The minimum absolute atomic E-state index is 0.111. The monoisotopic (exact) mass is 348 g/mol. The Morgan fingerprint density at radius 2 is 2.08 bits per heavy atom. The Hall–Kier alpha value is -2.69. The molecule has 0 bridgehead atoms. The minimum Gasteiger partial charge on any atom is -0.334 e. The van der Waals surface area contributed by atoms with Crippen LogP contribution in [0.5, 0.6) is 0 Å². The fourth-order valence-corrected chi connectivity index (χ4v) is 4.06. The molecule has 26 heavy (non-hydrogen) atoms. The fraction of sp³-hybridized carbons (Fsp3) is 0.381. The number of likely N-dealkylation sites (tertiary alicyclic amines) is 1. The van der Waals surface area contributed by atoms with Crippen LogP contribution in [0.4, 0.5) is 0 Å². The van der Waals surface area contributed by atoms with Gasteiger partial charge in [-0.25, -0.2) is 0 Å². The molecule has 1 atom stereocenters. The van der Waals surface area contributed by atoms with Gasteiger partial charge in [-0.2, -0.15) is 5.10 Å². The Bertz CT molecular complexity index is 962. The van der Waals surface area contributed by atoms with Crippen molar-refractivity contribution in [1.82, 2.24) is 19.7 Å². The molecule has 1 aromatic carbocycles. The number of hydrogen-bond donors (Lipinski definition) is 0. The number of hydrogen-bond acceptors (Lipinski definition) is 3. The van der Waals surface area contributed by atoms with Crippen molar-refractivity contribution in [3.8, 4) is 0 Å². The first-order valence-electron chi connectivity index (χ1n) is 9.20. The molecule has 0 N–H and O–H groups in total. The van der Waals surface area contributed by atoms with Gasteiger partial charge >= 0.3 is 0 Å². The SMILES string of the molecule is Cc1cc(C)c2nc(C)cc(C(=O)N3CCC[C@@H]3Cn3cccn3)c2c1. The average Bonchev–Trinajstić information content (AvgIpc) is 3.27. The van der Waals surface area contributed by atoms with Crippen molar-refractivity contribution in [3.05, 3.63) is 59.0 Å². The van der Waals surface area contributed by atoms with Crippen LogP contribution in [0, 0.1) is 20.8 Å². The number of fused-ring (bicyclic) bond motifs is 1. The summed E-state index contributed by atoms with van der Waals surface area (Å²) in [7, 11) is 0. The van der Waals surface area contributed by atoms with Gasteiger partial charge in [-0.05, 0) is 57.4 Å². The van der Waals surface area contributed by atoms with Crippen LogP contribution in [0.1, 0.15) is 40.0 Å². The third kappa shape index (κ3) is 2.98. The first kappa shape index (κ1) is 16.8. The molecule has 4 rings (SSSR count). The van der Waals surface area contributed by atoms with Crippen molar-refractivity contribution in [2.75, 3.05) is 6.54 Å². The maximum absolute atomic E-state index is 13.4. The van der Waals surface area contributed by atoms with E-state index in [0.717, 1.165) is 59.2 Å². The molecule has 1 aliphatic heterocycles. The van der Waals surface area contributed by atoms with Gasteiger partial charge < -0.3 is 4.90 Å². The van der Waals surface area contributed by atoms with E-state index in [0.29, 0.717) is 0 Å². The molecular formula is C21H24N4O. The van der Waals surface area contributed by atoms with Crippen LogP contribution in [0.25, 0.3) is 10.9 Å². The third-order valence-electron chi connectivity index (χ3n) is 5.20. The molecule has 5 nitrogen and oxygen atoms in total. The highest BCUT2D eigenvalue weighted by Gasteiger charge is 2.31. The van der Waals surface area contributed by atoms with Crippen molar-refractivity contribution in [2.24, 2.45) is 0 Å². The second-order valence-electron chi connectivity index (χ2n) is 7.31. The van der Waals surface area contributed by atoms with Crippen LogP contribution < -0.4 is 0 Å². The molecule has 1 amide bonds. The predicted octanol–water partition coefficient (Wildman–Crippen LogP) is 3.66. The Morgan fingerprint density at radius 1 is 1.23 bits per heavy atom. The van der Waals surface area contributed by atoms with Gasteiger partial charge in [0.2, 0.25) is 0 Å². The number of rotatable bonds is 3. The standard InChI is InChI=1S/C21H24N4O/c1-14-10-15(2)20-18(11-14)19(12-16(3)23-20)21(26)25-9-4-6-17(25)13-24-8-5-7-22-24/h5,7-8,10-12,17H,4,6,9,13H2,1-3H3/t17-/m1/s1. The van der Waals surface area contributed by atoms with E-state index in [1.807, 2.05) is 34.8 Å². The number of carbonyl (C=O) groups excluding carboxylic acids is 1. The molecule has 1 aliphatic rings. The summed E-state index contributed by atoms with van der Waals surface area (Å²) in [6.45, 7) is 7.64. The normalized spacial score (nSPS) is 17.2. The van der Waals surface area contributed by atoms with E-state index in [-0.39, 0.29) is 11.9 Å². The van der Waals surface area contributed by atoms with Gasteiger partial charge in [0.1, 0.15) is 0 Å². The molecule has 3 aromatic rings. The molecule has 2 aromatic heterocycles. The summed E-state index contributed by atoms with van der Waals surface area (Å²) in [5.74, 6) is 0.111. The predicted molar refractivity (Wildman–Crippen MR) is 102 cm³/mol. The van der Waals surface area contributed by atoms with Gasteiger partial charge in [-0.3, -0.25) is 14.5 Å². The molecule has 0 spiro atoms. The topological polar surface area (TPSA) is 51.0 Å². The number of aryl methyl sites for hydroxylation is 3. The molecule has 0 saturated carbocycles. The summed E-state index contributed by atoms with van der Waals surface area (Å²) in [5.41, 5.74) is 4.86. The van der Waals surface area contributed by atoms with Gasteiger partial charge in [-0.15, -0.1) is 0 Å². The Morgan fingerprint density at radius 3 is 2.85 bits per heavy atom. The number of aromatic nitrogens is 3. The molecule has 0 radical (unpaired) electrons. The molecule has 1 saturated heterocycles. The number of benzene rings is 1. The van der Waals surface area contributed by atoms with Gasteiger partial charge in [0.25, 0.3) is 5.91 Å². The van der Waals surface area contributed by atoms with Crippen LogP contribution in [-0.2, 0) is 6.54 Å². The van der Waals surface area contributed by atoms with E-state index in [9.17, 15) is 4.79 Å². The first-order valence-corrected chi connectivity index (χ1v) is 9.20. The number of carbonyl (C=O) groups is 1. The lowest BCUT2D eigenvalue weighted by Gasteiger charge is -2.25. The summed E-state index contributed by atoms with van der Waals surface area (Å²) in [4.78, 5) is 20.1. The van der Waals surface area contributed by atoms with Crippen molar-refractivity contribution in [2.45, 2.75) is 46.2 Å². The largest absolute Gasteiger partial charge is 0.334 e. The highest BCUT2D eigenvalue weighted by molar-refractivity contribution is 6.07. The molecule has 5 heteroatoms. The molecule has 0 unspecified atom stereocenters. The van der Waals surface area contributed by atoms with Crippen LogP contribution in [0.3, 0.4) is 0 Å². The molecular weight excluding hydrogens is 324 g/mol. The van der Waals surface area contributed by atoms with Gasteiger partial charge in [0.05, 0.1) is 23.7 Å². The summed E-state index contributed by atoms with van der Waals surface area (Å²) in [5, 5.41) is 5.26. The lowest BCUT2D eigenvalue weighted by atomic mass is 10.0. The Balaban J connectivity index is 1.73. The van der Waals surface area contributed by atoms with Gasteiger partial charge in [-0.1, -0.05) is 11.6 Å². The summed E-state index contributed by atoms with van der Waals surface area (Å²) < 4.78 is 1.92. The zero-order chi connectivity index (χ0) is 18.3. The molecule has 3 heterocycles. The first-order chi connectivity index (χ1) is 12.5. The van der Waals surface area contributed by atoms with Crippen LogP contribution in [-0.4, -0.2) is 38.2 Å². The Kier molecular flexibility index (Phi) is 4.23. The highest BCUT2D eigenvalue weighted by atomic mass is 16.2. The van der Waals surface area contributed by atoms with E-state index >= 15 is 0 Å². The lowest BCUT2D eigenvalue weighted by Crippen LogP contribution is -2.38. The molecule has 1 fully saturated rings. The second-order valence-corrected chi connectivity index (χ2v) is 7.31. The van der Waals surface area contributed by atoms with E-state index < -0.39 is 0 Å². The Labute approximate surface area is 153 Å². The van der Waals surface area contributed by atoms with Crippen molar-refractivity contribution < 1.29 is 4.79 Å². The van der Waals surface area contributed by atoms with E-state index in [4.69, 9.17) is 0 Å².